The Balaban J connectivity index is 1.88. The van der Waals surface area contributed by atoms with E-state index in [-0.39, 0.29) is 11.5 Å². The molecule has 1 heterocycles. The smallest absolute Gasteiger partial charge is 0.232 e. The number of fused-ring (bicyclic) bond motifs is 1. The van der Waals surface area contributed by atoms with Crippen molar-refractivity contribution in [2.75, 3.05) is 0 Å². The summed E-state index contributed by atoms with van der Waals surface area (Å²) in [5.41, 5.74) is 0.0712. The summed E-state index contributed by atoms with van der Waals surface area (Å²) in [7, 11) is 0. The van der Waals surface area contributed by atoms with Crippen LogP contribution in [0.5, 0.6) is 5.75 Å². The standard InChI is InChI=1S/C14H14N2O3/c1-9-7-10(17)3-4-12(9)15-16-14-6-5-11(18)8-13(14,2)19-14/h3-8,17-18H,1-2H3. The molecule has 1 fully saturated rings. The van der Waals surface area contributed by atoms with Crippen molar-refractivity contribution in [1.82, 2.24) is 0 Å². The lowest BCUT2D eigenvalue weighted by Crippen LogP contribution is -2.19. The summed E-state index contributed by atoms with van der Waals surface area (Å²) in [6.45, 7) is 3.69. The predicted octanol–water partition coefficient (Wildman–Crippen LogP) is 3.28. The number of hydrogen-bond acceptors (Lipinski definition) is 5. The van der Waals surface area contributed by atoms with Crippen molar-refractivity contribution in [3.05, 3.63) is 47.7 Å². The molecule has 1 saturated heterocycles. The van der Waals surface area contributed by atoms with Crippen LogP contribution >= 0.6 is 0 Å². The number of rotatable bonds is 2. The number of aliphatic hydroxyl groups excluding tert-OH is 1. The minimum atomic E-state index is -0.816. The van der Waals surface area contributed by atoms with E-state index < -0.39 is 11.3 Å². The molecular weight excluding hydrogens is 244 g/mol. The van der Waals surface area contributed by atoms with E-state index in [2.05, 4.69) is 10.2 Å². The summed E-state index contributed by atoms with van der Waals surface area (Å²) in [5.74, 6) is 0.374. The Bertz CT molecular complexity index is 636. The number of azo groups is 1. The Kier molecular flexibility index (Phi) is 2.31. The first-order valence-electron chi connectivity index (χ1n) is 5.98. The van der Waals surface area contributed by atoms with E-state index in [0.29, 0.717) is 5.69 Å². The number of nitrogens with zero attached hydrogens (tertiary/aromatic N) is 2. The van der Waals surface area contributed by atoms with Crippen molar-refractivity contribution < 1.29 is 14.9 Å². The lowest BCUT2D eigenvalue weighted by Gasteiger charge is -2.09. The molecule has 2 aliphatic rings. The van der Waals surface area contributed by atoms with Crippen molar-refractivity contribution in [3.8, 4) is 5.75 Å². The van der Waals surface area contributed by atoms with E-state index in [9.17, 15) is 10.2 Å². The SMILES string of the molecule is Cc1cc(O)ccc1N=NC12C=CC(O)=CC1(C)O2. The van der Waals surface area contributed by atoms with Gasteiger partial charge in [0.05, 0.1) is 5.69 Å². The number of aryl methyl sites for hydroxylation is 1. The van der Waals surface area contributed by atoms with E-state index in [1.54, 1.807) is 36.4 Å². The molecule has 19 heavy (non-hydrogen) atoms. The number of benzene rings is 1. The second kappa shape index (κ2) is 3.68. The molecule has 1 aliphatic heterocycles. The van der Waals surface area contributed by atoms with Crippen LogP contribution in [-0.2, 0) is 4.74 Å². The zero-order chi connectivity index (χ0) is 13.7. The van der Waals surface area contributed by atoms with Gasteiger partial charge in [0.1, 0.15) is 17.1 Å². The quantitative estimate of drug-likeness (QED) is 0.631. The lowest BCUT2D eigenvalue weighted by molar-refractivity contribution is 0.312. The molecule has 0 spiro atoms. The topological polar surface area (TPSA) is 77.7 Å². The fourth-order valence-corrected chi connectivity index (χ4v) is 2.19. The third-order valence-corrected chi connectivity index (χ3v) is 3.43. The van der Waals surface area contributed by atoms with Crippen LogP contribution < -0.4 is 0 Å². The highest BCUT2D eigenvalue weighted by atomic mass is 16.6. The van der Waals surface area contributed by atoms with Crippen LogP contribution in [0.15, 0.2) is 52.4 Å². The molecule has 1 aliphatic carbocycles. The van der Waals surface area contributed by atoms with Crippen LogP contribution in [0.25, 0.3) is 0 Å². The second-order valence-electron chi connectivity index (χ2n) is 4.98. The summed E-state index contributed by atoms with van der Waals surface area (Å²) < 4.78 is 5.58. The first-order valence-corrected chi connectivity index (χ1v) is 5.98. The Morgan fingerprint density at radius 2 is 2.05 bits per heavy atom. The lowest BCUT2D eigenvalue weighted by atomic mass is 9.97. The zero-order valence-corrected chi connectivity index (χ0v) is 10.7. The molecule has 2 N–H and O–H groups in total. The minimum Gasteiger partial charge on any atom is -0.508 e. The Hall–Kier alpha value is -2.14. The normalized spacial score (nSPS) is 32.2. The zero-order valence-electron chi connectivity index (χ0n) is 10.7. The van der Waals surface area contributed by atoms with Crippen molar-refractivity contribution >= 4 is 5.69 Å². The van der Waals surface area contributed by atoms with Crippen LogP contribution in [0.1, 0.15) is 12.5 Å². The van der Waals surface area contributed by atoms with Gasteiger partial charge in [0.2, 0.25) is 5.72 Å². The van der Waals surface area contributed by atoms with Gasteiger partial charge in [0.15, 0.2) is 0 Å². The molecule has 5 heteroatoms. The van der Waals surface area contributed by atoms with Gasteiger partial charge >= 0.3 is 0 Å². The average Bonchev–Trinajstić information content (AvgIpc) is 2.93. The van der Waals surface area contributed by atoms with Gasteiger partial charge in [-0.05, 0) is 55.8 Å². The van der Waals surface area contributed by atoms with Crippen molar-refractivity contribution in [3.63, 3.8) is 0 Å². The number of ether oxygens (including phenoxy) is 1. The molecule has 98 valence electrons. The van der Waals surface area contributed by atoms with Gasteiger partial charge in [-0.3, -0.25) is 0 Å². The molecule has 2 atom stereocenters. The maximum atomic E-state index is 9.44. The highest BCUT2D eigenvalue weighted by Crippen LogP contribution is 2.54. The molecule has 3 rings (SSSR count). The average molecular weight is 258 g/mol. The summed E-state index contributed by atoms with van der Waals surface area (Å²) >= 11 is 0. The molecule has 0 bridgehead atoms. The van der Waals surface area contributed by atoms with Gasteiger partial charge in [-0.15, -0.1) is 5.11 Å². The molecular formula is C14H14N2O3. The first-order chi connectivity index (χ1) is 8.94. The Labute approximate surface area is 110 Å². The monoisotopic (exact) mass is 258 g/mol. The molecule has 1 aromatic carbocycles. The van der Waals surface area contributed by atoms with Crippen molar-refractivity contribution in [2.24, 2.45) is 10.2 Å². The number of phenols is 1. The Morgan fingerprint density at radius 3 is 2.74 bits per heavy atom. The van der Waals surface area contributed by atoms with Crippen LogP contribution in [0.3, 0.4) is 0 Å². The van der Waals surface area contributed by atoms with Crippen LogP contribution in [0.4, 0.5) is 5.69 Å². The largest absolute Gasteiger partial charge is 0.508 e. The third kappa shape index (κ3) is 1.82. The molecule has 0 amide bonds. The first kappa shape index (κ1) is 11.9. The van der Waals surface area contributed by atoms with Gasteiger partial charge in [0, 0.05) is 0 Å². The summed E-state index contributed by atoms with van der Waals surface area (Å²) in [4.78, 5) is 0. The summed E-state index contributed by atoms with van der Waals surface area (Å²) in [6, 6.07) is 4.89. The third-order valence-electron chi connectivity index (χ3n) is 3.43. The predicted molar refractivity (Wildman–Crippen MR) is 69.4 cm³/mol. The second-order valence-corrected chi connectivity index (χ2v) is 4.98. The van der Waals surface area contributed by atoms with Crippen LogP contribution in [0, 0.1) is 6.92 Å². The number of aliphatic hydroxyl groups is 1. The maximum Gasteiger partial charge on any atom is 0.232 e. The van der Waals surface area contributed by atoms with E-state index in [1.165, 1.54) is 0 Å². The van der Waals surface area contributed by atoms with Gasteiger partial charge in [0.25, 0.3) is 0 Å². The summed E-state index contributed by atoms with van der Waals surface area (Å²) in [6.07, 6.45) is 4.87. The van der Waals surface area contributed by atoms with E-state index in [1.807, 2.05) is 13.8 Å². The van der Waals surface area contributed by atoms with Crippen molar-refractivity contribution in [2.45, 2.75) is 25.2 Å². The molecule has 2 unspecified atom stereocenters. The molecule has 0 radical (unpaired) electrons. The van der Waals surface area contributed by atoms with E-state index in [4.69, 9.17) is 4.74 Å². The molecule has 5 nitrogen and oxygen atoms in total. The van der Waals surface area contributed by atoms with Gasteiger partial charge < -0.3 is 14.9 Å². The van der Waals surface area contributed by atoms with E-state index in [0.717, 1.165) is 5.56 Å². The van der Waals surface area contributed by atoms with Crippen LogP contribution in [0.2, 0.25) is 0 Å². The number of hydrogen-bond donors (Lipinski definition) is 2. The van der Waals surface area contributed by atoms with E-state index >= 15 is 0 Å². The molecule has 0 saturated carbocycles. The maximum absolute atomic E-state index is 9.44. The van der Waals surface area contributed by atoms with Crippen molar-refractivity contribution in [1.29, 1.82) is 0 Å². The summed E-state index contributed by atoms with van der Waals surface area (Å²) in [5, 5.41) is 27.2. The number of phenolic OH excluding ortho intramolecular Hbond substituents is 1. The highest BCUT2D eigenvalue weighted by Gasteiger charge is 2.67. The van der Waals surface area contributed by atoms with Crippen LogP contribution in [-0.4, -0.2) is 21.5 Å². The molecule has 0 aromatic heterocycles. The highest BCUT2D eigenvalue weighted by molar-refractivity contribution is 5.48. The van der Waals surface area contributed by atoms with Gasteiger partial charge in [-0.1, -0.05) is 0 Å². The Morgan fingerprint density at radius 1 is 1.26 bits per heavy atom. The number of allylic oxidation sites excluding steroid dienone is 1. The fourth-order valence-electron chi connectivity index (χ4n) is 2.19. The minimum absolute atomic E-state index is 0.173. The number of aromatic hydroxyl groups is 1. The molecule has 1 aromatic rings. The number of epoxide rings is 1. The van der Waals surface area contributed by atoms with Gasteiger partial charge in [-0.25, -0.2) is 0 Å². The van der Waals surface area contributed by atoms with Gasteiger partial charge in [-0.2, -0.15) is 5.11 Å². The fraction of sp³-hybridized carbons (Fsp3) is 0.286.